The van der Waals surface area contributed by atoms with E-state index >= 15 is 0 Å². The highest BCUT2D eigenvalue weighted by molar-refractivity contribution is 6.00. The number of ketones is 1. The average molecular weight is 564 g/mol. The predicted molar refractivity (Wildman–Crippen MR) is 142 cm³/mol. The lowest BCUT2D eigenvalue weighted by Gasteiger charge is -2.31. The number of carbonyl (C=O) groups is 4. The van der Waals surface area contributed by atoms with Crippen LogP contribution in [0.1, 0.15) is 62.2 Å². The zero-order valence-electron chi connectivity index (χ0n) is 23.5. The Kier molecular flexibility index (Phi) is 9.42. The van der Waals surface area contributed by atoms with Gasteiger partial charge < -0.3 is 15.5 Å². The molecule has 218 valence electrons. The quantitative estimate of drug-likeness (QED) is 0.485. The van der Waals surface area contributed by atoms with Gasteiger partial charge in [0.25, 0.3) is 11.7 Å². The molecule has 0 unspecified atom stereocenters. The second-order valence-corrected chi connectivity index (χ2v) is 10.9. The van der Waals surface area contributed by atoms with Crippen molar-refractivity contribution in [2.75, 3.05) is 6.54 Å². The number of Topliss-reactive ketones (excluding diaryl/α,β-unsaturated/α-hetero) is 1. The third-order valence-electron chi connectivity index (χ3n) is 7.12. The fourth-order valence-electron chi connectivity index (χ4n) is 4.75. The number of nitrogens with one attached hydrogen (secondary N) is 2. The molecule has 1 aromatic carbocycles. The fraction of sp³-hybridized carbons (Fsp3) is 0.536. The van der Waals surface area contributed by atoms with Crippen LogP contribution in [0.25, 0.3) is 5.69 Å². The first-order chi connectivity index (χ1) is 18.6. The zero-order valence-corrected chi connectivity index (χ0v) is 23.5. The van der Waals surface area contributed by atoms with Gasteiger partial charge in [-0.3, -0.25) is 19.2 Å². The van der Waals surface area contributed by atoms with Gasteiger partial charge in [-0.05, 0) is 50.7 Å². The van der Waals surface area contributed by atoms with E-state index in [4.69, 9.17) is 0 Å². The van der Waals surface area contributed by atoms with Gasteiger partial charge in [0.15, 0.2) is 0 Å². The molecule has 2 aromatic rings. The van der Waals surface area contributed by atoms with Gasteiger partial charge in [-0.15, -0.1) is 0 Å². The number of carbonyl (C=O) groups excluding carboxylic acids is 4. The van der Waals surface area contributed by atoms with E-state index < -0.39 is 53.7 Å². The minimum atomic E-state index is -5.11. The summed E-state index contributed by atoms with van der Waals surface area (Å²) in [6, 6.07) is 3.78. The van der Waals surface area contributed by atoms with Crippen molar-refractivity contribution in [1.82, 2.24) is 25.3 Å². The van der Waals surface area contributed by atoms with E-state index in [2.05, 4.69) is 15.7 Å². The van der Waals surface area contributed by atoms with Crippen LogP contribution in [-0.4, -0.2) is 69.0 Å². The lowest BCUT2D eigenvalue weighted by atomic mass is 9.98. The summed E-state index contributed by atoms with van der Waals surface area (Å²) in [4.78, 5) is 53.0. The molecule has 0 aliphatic carbocycles. The lowest BCUT2D eigenvalue weighted by Crippen LogP contribution is -2.58. The number of amides is 3. The summed E-state index contributed by atoms with van der Waals surface area (Å²) in [6.45, 7) is 10.2. The van der Waals surface area contributed by atoms with E-state index in [1.54, 1.807) is 25.5 Å². The molecule has 1 saturated heterocycles. The maximum atomic E-state index is 13.6. The first-order valence-electron chi connectivity index (χ1n) is 13.3. The third-order valence-corrected chi connectivity index (χ3v) is 7.12. The number of aromatic nitrogens is 2. The van der Waals surface area contributed by atoms with Crippen LogP contribution in [0.15, 0.2) is 30.5 Å². The molecule has 0 spiro atoms. The zero-order chi connectivity index (χ0) is 29.9. The van der Waals surface area contributed by atoms with Crippen molar-refractivity contribution in [1.29, 1.82) is 0 Å². The highest BCUT2D eigenvalue weighted by atomic mass is 19.4. The Morgan fingerprint density at radius 3 is 2.10 bits per heavy atom. The van der Waals surface area contributed by atoms with Crippen molar-refractivity contribution in [2.45, 2.75) is 78.7 Å². The number of alkyl halides is 3. The molecule has 1 aliphatic rings. The average Bonchev–Trinajstić information content (AvgIpc) is 3.51. The van der Waals surface area contributed by atoms with Crippen LogP contribution in [0, 0.1) is 25.7 Å². The SMILES string of the molecule is Cc1ccc(-n2ncc(C(=O)N[C@H](C(=O)N3CCC[C@H]3C(=O)N[C@H](C(=O)C(F)(F)F)C(C)C)C(C)C)c2C)cc1. The smallest absolute Gasteiger partial charge is 0.344 e. The van der Waals surface area contributed by atoms with Crippen molar-refractivity contribution in [2.24, 2.45) is 11.8 Å². The summed E-state index contributed by atoms with van der Waals surface area (Å²) < 4.78 is 40.9. The third kappa shape index (κ3) is 6.71. The summed E-state index contributed by atoms with van der Waals surface area (Å²) in [5.41, 5.74) is 2.70. The monoisotopic (exact) mass is 563 g/mol. The van der Waals surface area contributed by atoms with Gasteiger partial charge in [0.05, 0.1) is 29.2 Å². The van der Waals surface area contributed by atoms with Gasteiger partial charge in [-0.2, -0.15) is 18.3 Å². The van der Waals surface area contributed by atoms with Crippen LogP contribution in [0.2, 0.25) is 0 Å². The summed E-state index contributed by atoms with van der Waals surface area (Å²) in [6.07, 6.45) is -3.01. The first kappa shape index (κ1) is 30.8. The molecule has 40 heavy (non-hydrogen) atoms. The van der Waals surface area contributed by atoms with Crippen LogP contribution in [0.3, 0.4) is 0 Å². The standard InChI is InChI=1S/C28H36F3N5O4/c1-15(2)22(24(37)28(29,30)31)33-26(39)21-8-7-13-35(21)27(40)23(16(3)4)34-25(38)20-14-32-36(18(20)6)19-11-9-17(5)10-12-19/h9-12,14-16,21-23H,7-8,13H2,1-6H3,(H,33,39)(H,34,38)/t21-,22-,23-/m0/s1. The van der Waals surface area contributed by atoms with Gasteiger partial charge in [0.1, 0.15) is 12.1 Å². The second-order valence-electron chi connectivity index (χ2n) is 10.9. The molecule has 0 bridgehead atoms. The van der Waals surface area contributed by atoms with Crippen molar-refractivity contribution in [3.8, 4) is 5.69 Å². The summed E-state index contributed by atoms with van der Waals surface area (Å²) in [5.74, 6) is -5.07. The summed E-state index contributed by atoms with van der Waals surface area (Å²) >= 11 is 0. The molecule has 1 aromatic heterocycles. The molecule has 1 aliphatic heterocycles. The van der Waals surface area contributed by atoms with Gasteiger partial charge in [0.2, 0.25) is 11.8 Å². The predicted octanol–water partition coefficient (Wildman–Crippen LogP) is 3.51. The van der Waals surface area contributed by atoms with E-state index in [1.807, 2.05) is 31.2 Å². The Morgan fingerprint density at radius 1 is 0.950 bits per heavy atom. The van der Waals surface area contributed by atoms with E-state index in [0.29, 0.717) is 12.1 Å². The van der Waals surface area contributed by atoms with Crippen molar-refractivity contribution in [3.05, 3.63) is 47.3 Å². The number of halogens is 3. The van der Waals surface area contributed by atoms with Crippen molar-refractivity contribution < 1.29 is 32.3 Å². The van der Waals surface area contributed by atoms with E-state index in [9.17, 15) is 32.3 Å². The Labute approximate surface area is 231 Å². The van der Waals surface area contributed by atoms with E-state index in [1.165, 1.54) is 24.9 Å². The number of nitrogens with zero attached hydrogens (tertiary/aromatic N) is 3. The highest BCUT2D eigenvalue weighted by Gasteiger charge is 2.46. The van der Waals surface area contributed by atoms with Gasteiger partial charge in [-0.1, -0.05) is 45.4 Å². The highest BCUT2D eigenvalue weighted by Crippen LogP contribution is 2.24. The minimum Gasteiger partial charge on any atom is -0.344 e. The van der Waals surface area contributed by atoms with Crippen LogP contribution in [0.5, 0.6) is 0 Å². The number of hydrogen-bond acceptors (Lipinski definition) is 5. The molecule has 12 heteroatoms. The maximum Gasteiger partial charge on any atom is 0.452 e. The molecule has 9 nitrogen and oxygen atoms in total. The number of benzene rings is 1. The molecule has 0 radical (unpaired) electrons. The molecular formula is C28H36F3N5O4. The molecule has 2 heterocycles. The van der Waals surface area contributed by atoms with E-state index in [0.717, 1.165) is 11.3 Å². The second kappa shape index (κ2) is 12.2. The van der Waals surface area contributed by atoms with Gasteiger partial charge in [0, 0.05) is 6.54 Å². The van der Waals surface area contributed by atoms with Crippen molar-refractivity contribution >= 4 is 23.5 Å². The molecule has 0 saturated carbocycles. The molecule has 3 atom stereocenters. The Bertz CT molecular complexity index is 1250. The number of hydrogen-bond donors (Lipinski definition) is 2. The van der Waals surface area contributed by atoms with Gasteiger partial charge >= 0.3 is 6.18 Å². The Morgan fingerprint density at radius 2 is 1.55 bits per heavy atom. The molecule has 3 rings (SSSR count). The number of likely N-dealkylation sites (tertiary alicyclic amines) is 1. The molecular weight excluding hydrogens is 527 g/mol. The largest absolute Gasteiger partial charge is 0.452 e. The molecule has 1 fully saturated rings. The van der Waals surface area contributed by atoms with Crippen molar-refractivity contribution in [3.63, 3.8) is 0 Å². The number of aryl methyl sites for hydroxylation is 1. The fourth-order valence-corrected chi connectivity index (χ4v) is 4.75. The van der Waals surface area contributed by atoms with Crippen LogP contribution < -0.4 is 10.6 Å². The molecule has 2 N–H and O–H groups in total. The number of rotatable bonds is 9. The van der Waals surface area contributed by atoms with Crippen LogP contribution >= 0.6 is 0 Å². The maximum absolute atomic E-state index is 13.6. The Hall–Kier alpha value is -3.70. The summed E-state index contributed by atoms with van der Waals surface area (Å²) in [5, 5.41) is 9.30. The normalized spacial score (nSPS) is 17.2. The topological polar surface area (TPSA) is 113 Å². The Balaban J connectivity index is 1.77. The molecule has 3 amide bonds. The first-order valence-corrected chi connectivity index (χ1v) is 13.3. The minimum absolute atomic E-state index is 0.194. The van der Waals surface area contributed by atoms with Gasteiger partial charge in [-0.25, -0.2) is 4.68 Å². The summed E-state index contributed by atoms with van der Waals surface area (Å²) in [7, 11) is 0. The lowest BCUT2D eigenvalue weighted by molar-refractivity contribution is -0.175. The van der Waals surface area contributed by atoms with E-state index in [-0.39, 0.29) is 24.4 Å². The van der Waals surface area contributed by atoms with Crippen LogP contribution in [0.4, 0.5) is 13.2 Å². The van der Waals surface area contributed by atoms with Crippen LogP contribution in [-0.2, 0) is 14.4 Å².